The minimum Gasteiger partial charge on any atom is -0.508 e. The third-order valence-corrected chi connectivity index (χ3v) is 4.65. The average molecular weight is 404 g/mol. The lowest BCUT2D eigenvalue weighted by atomic mass is 9.98. The van der Waals surface area contributed by atoms with E-state index in [1.807, 2.05) is 25.1 Å². The second-order valence-corrected chi connectivity index (χ2v) is 6.79. The van der Waals surface area contributed by atoms with Crippen LogP contribution in [0.1, 0.15) is 29.2 Å². The topological polar surface area (TPSA) is 85.9 Å². The number of hydrogen-bond acceptors (Lipinski definition) is 5. The second-order valence-electron chi connectivity index (χ2n) is 6.79. The van der Waals surface area contributed by atoms with Crippen molar-refractivity contribution >= 4 is 17.4 Å². The Balaban J connectivity index is 1.78. The summed E-state index contributed by atoms with van der Waals surface area (Å²) >= 11 is 0. The lowest BCUT2D eigenvalue weighted by Gasteiger charge is -2.10. The fourth-order valence-corrected chi connectivity index (χ4v) is 3.00. The van der Waals surface area contributed by atoms with Gasteiger partial charge in [0.1, 0.15) is 17.3 Å². The summed E-state index contributed by atoms with van der Waals surface area (Å²) in [7, 11) is 0. The van der Waals surface area contributed by atoms with Gasteiger partial charge in [-0.2, -0.15) is 0 Å². The van der Waals surface area contributed by atoms with Gasteiger partial charge in [0.05, 0.1) is 11.3 Å². The van der Waals surface area contributed by atoms with Gasteiger partial charge in [-0.25, -0.2) is 4.39 Å². The molecule has 0 amide bonds. The van der Waals surface area contributed by atoms with Gasteiger partial charge in [-0.1, -0.05) is 42.1 Å². The largest absolute Gasteiger partial charge is 0.508 e. The highest BCUT2D eigenvalue weighted by atomic mass is 19.1. The maximum atomic E-state index is 14.0. The van der Waals surface area contributed by atoms with Crippen LogP contribution in [0.15, 0.2) is 72.4 Å². The van der Waals surface area contributed by atoms with Crippen LogP contribution in [0, 0.1) is 18.2 Å². The predicted octanol–water partition coefficient (Wildman–Crippen LogP) is 5.80. The molecule has 0 saturated carbocycles. The fourth-order valence-electron chi connectivity index (χ4n) is 3.00. The molecule has 0 aliphatic heterocycles. The van der Waals surface area contributed by atoms with Crippen LogP contribution < -0.4 is 0 Å². The van der Waals surface area contributed by atoms with Crippen molar-refractivity contribution in [2.24, 2.45) is 5.16 Å². The van der Waals surface area contributed by atoms with Crippen LogP contribution in [0.25, 0.3) is 16.9 Å². The van der Waals surface area contributed by atoms with Gasteiger partial charge in [0.2, 0.25) is 5.90 Å². The summed E-state index contributed by atoms with van der Waals surface area (Å²) in [5, 5.41) is 31.4. The Hall–Kier alpha value is -3.93. The van der Waals surface area contributed by atoms with E-state index < -0.39 is 5.82 Å². The molecule has 0 aliphatic carbocycles. The number of aryl methyl sites for hydroxylation is 1. The molecular formula is C24H21FN2O3. The monoisotopic (exact) mass is 404 g/mol. The van der Waals surface area contributed by atoms with Crippen LogP contribution in [0.3, 0.4) is 0 Å². The molecule has 3 aromatic rings. The highest BCUT2D eigenvalue weighted by Gasteiger charge is 2.11. The normalized spacial score (nSPS) is 11.2. The molecular weight excluding hydrogens is 383 g/mol. The number of aromatic hydroxyl groups is 1. The Morgan fingerprint density at radius 3 is 2.37 bits per heavy atom. The van der Waals surface area contributed by atoms with Crippen molar-refractivity contribution in [1.29, 1.82) is 5.41 Å². The summed E-state index contributed by atoms with van der Waals surface area (Å²) < 4.78 is 14.0. The Bertz CT molecular complexity index is 1170. The van der Waals surface area contributed by atoms with Crippen LogP contribution in [0.4, 0.5) is 4.39 Å². The Kier molecular flexibility index (Phi) is 5.97. The van der Waals surface area contributed by atoms with E-state index in [1.54, 1.807) is 37.3 Å². The van der Waals surface area contributed by atoms with E-state index in [2.05, 4.69) is 11.7 Å². The summed E-state index contributed by atoms with van der Waals surface area (Å²) in [5.41, 5.74) is 3.78. The first kappa shape index (κ1) is 20.8. The molecule has 0 bridgehead atoms. The molecule has 152 valence electrons. The lowest BCUT2D eigenvalue weighted by molar-refractivity contribution is 0.326. The van der Waals surface area contributed by atoms with Crippen molar-refractivity contribution in [2.45, 2.75) is 13.8 Å². The number of aliphatic hydroxyl groups excluding tert-OH is 1. The molecule has 3 rings (SSSR count). The maximum absolute atomic E-state index is 14.0. The van der Waals surface area contributed by atoms with Gasteiger partial charge in [-0.3, -0.25) is 5.41 Å². The Morgan fingerprint density at radius 1 is 1.03 bits per heavy atom. The third-order valence-electron chi connectivity index (χ3n) is 4.65. The van der Waals surface area contributed by atoms with Crippen molar-refractivity contribution in [2.75, 3.05) is 0 Å². The van der Waals surface area contributed by atoms with Crippen molar-refractivity contribution in [1.82, 2.24) is 0 Å². The molecule has 0 saturated heterocycles. The van der Waals surface area contributed by atoms with Crippen molar-refractivity contribution in [3.05, 3.63) is 95.3 Å². The van der Waals surface area contributed by atoms with Gasteiger partial charge < -0.3 is 15.1 Å². The zero-order valence-corrected chi connectivity index (χ0v) is 16.6. The zero-order valence-electron chi connectivity index (χ0n) is 16.6. The second kappa shape index (κ2) is 8.61. The fraction of sp³-hybridized carbons (Fsp3) is 0.0833. The van der Waals surface area contributed by atoms with Crippen LogP contribution >= 0.6 is 0 Å². The quantitative estimate of drug-likeness (QED) is 0.217. The molecule has 6 heteroatoms. The molecule has 0 heterocycles. The molecule has 30 heavy (non-hydrogen) atoms. The molecule has 0 radical (unpaired) electrons. The first-order valence-corrected chi connectivity index (χ1v) is 9.15. The zero-order chi connectivity index (χ0) is 21.8. The Morgan fingerprint density at radius 2 is 1.73 bits per heavy atom. The first-order chi connectivity index (χ1) is 14.3. The number of phenols is 1. The summed E-state index contributed by atoms with van der Waals surface area (Å²) in [6.07, 6.45) is 0. The van der Waals surface area contributed by atoms with Gasteiger partial charge in [0, 0.05) is 16.7 Å². The minimum absolute atomic E-state index is 0.0141. The van der Waals surface area contributed by atoms with Crippen LogP contribution in [-0.2, 0) is 4.84 Å². The molecule has 0 fully saturated rings. The number of oxime groups is 1. The maximum Gasteiger partial charge on any atom is 0.248 e. The van der Waals surface area contributed by atoms with Gasteiger partial charge in [-0.15, -0.1) is 0 Å². The molecule has 5 nitrogen and oxygen atoms in total. The molecule has 0 unspecified atom stereocenters. The van der Waals surface area contributed by atoms with Crippen LogP contribution in [-0.4, -0.2) is 21.8 Å². The Labute approximate surface area is 173 Å². The molecule has 0 aliphatic rings. The van der Waals surface area contributed by atoms with Crippen molar-refractivity contribution in [3.63, 3.8) is 0 Å². The van der Waals surface area contributed by atoms with E-state index in [1.165, 1.54) is 12.1 Å². The van der Waals surface area contributed by atoms with Gasteiger partial charge >= 0.3 is 0 Å². The van der Waals surface area contributed by atoms with E-state index in [4.69, 9.17) is 10.2 Å². The lowest BCUT2D eigenvalue weighted by Crippen LogP contribution is -2.05. The van der Waals surface area contributed by atoms with Crippen molar-refractivity contribution < 1.29 is 19.4 Å². The molecule has 3 aromatic carbocycles. The molecule has 0 aromatic heterocycles. The third kappa shape index (κ3) is 4.38. The summed E-state index contributed by atoms with van der Waals surface area (Å²) in [4.78, 5) is 5.22. The number of halogens is 1. The van der Waals surface area contributed by atoms with Gasteiger partial charge in [-0.05, 0) is 55.3 Å². The number of aliphatic hydroxyl groups is 1. The van der Waals surface area contributed by atoms with E-state index in [-0.39, 0.29) is 23.0 Å². The minimum atomic E-state index is -0.625. The highest BCUT2D eigenvalue weighted by molar-refractivity contribution is 6.00. The van der Waals surface area contributed by atoms with E-state index in [0.717, 1.165) is 11.1 Å². The predicted molar refractivity (Wildman–Crippen MR) is 116 cm³/mol. The van der Waals surface area contributed by atoms with Gasteiger partial charge in [0.25, 0.3) is 0 Å². The smallest absolute Gasteiger partial charge is 0.248 e. The summed E-state index contributed by atoms with van der Waals surface area (Å²) in [5.74, 6) is -0.959. The van der Waals surface area contributed by atoms with Gasteiger partial charge in [0.15, 0.2) is 0 Å². The van der Waals surface area contributed by atoms with Crippen LogP contribution in [0.2, 0.25) is 0 Å². The molecule has 0 atom stereocenters. The summed E-state index contributed by atoms with van der Waals surface area (Å²) in [6, 6.07) is 16.5. The van der Waals surface area contributed by atoms with E-state index in [9.17, 15) is 14.6 Å². The average Bonchev–Trinajstić information content (AvgIpc) is 2.72. The first-order valence-electron chi connectivity index (χ1n) is 9.15. The number of nitrogens with zero attached hydrogens (tertiary/aromatic N) is 1. The van der Waals surface area contributed by atoms with Crippen molar-refractivity contribution in [3.8, 4) is 16.9 Å². The number of hydrogen-bond donors (Lipinski definition) is 3. The standard InChI is InChI=1S/C24H21FN2O3/c1-14-12-18(9-10-19(14)21-6-4-5-7-23(21)29)24(26)30-27-15(2)17-8-11-20(16(3)28)22(25)13-17/h4-13,26,28-29H,3H2,1-2H3/b26-24?,27-15+. The molecule has 3 N–H and O–H groups in total. The SMILES string of the molecule is C=C(O)c1ccc(/C(C)=N/OC(=N)c2ccc(-c3ccccc3O)c(C)c2)cc1F. The highest BCUT2D eigenvalue weighted by Crippen LogP contribution is 2.31. The number of rotatable bonds is 5. The van der Waals surface area contributed by atoms with Crippen LogP contribution in [0.5, 0.6) is 5.75 Å². The summed E-state index contributed by atoms with van der Waals surface area (Å²) in [6.45, 7) is 6.82. The molecule has 0 spiro atoms. The van der Waals surface area contributed by atoms with E-state index in [0.29, 0.717) is 22.4 Å². The number of nitrogens with one attached hydrogen (secondary N) is 1. The number of benzene rings is 3. The van der Waals surface area contributed by atoms with E-state index >= 15 is 0 Å². The number of para-hydroxylation sites is 1. The number of phenolic OH excluding ortho intramolecular Hbond substituents is 1.